The van der Waals surface area contributed by atoms with Crippen molar-refractivity contribution in [1.29, 1.82) is 5.41 Å². The Morgan fingerprint density at radius 3 is 2.12 bits per heavy atom. The highest BCUT2D eigenvalue weighted by Crippen LogP contribution is 2.35. The smallest absolute Gasteiger partial charge is 0.252 e. The van der Waals surface area contributed by atoms with Gasteiger partial charge in [-0.25, -0.2) is 0 Å². The zero-order valence-electron chi connectivity index (χ0n) is 15.6. The Labute approximate surface area is 152 Å². The minimum Gasteiger partial charge on any atom is -0.386 e. The number of nitrogens with two attached hydrogens (primary N) is 1. The molecule has 1 fully saturated rings. The van der Waals surface area contributed by atoms with Crippen LogP contribution >= 0.6 is 0 Å². The molecular weight excluding hydrogens is 310 g/mol. The monoisotopic (exact) mass is 343 g/mol. The van der Waals surface area contributed by atoms with Gasteiger partial charge in [0.25, 0.3) is 5.91 Å². The zero-order chi connectivity index (χ0) is 18.1. The van der Waals surface area contributed by atoms with Crippen LogP contribution in [0, 0.1) is 5.41 Å². The Balaban J connectivity index is 1.66. The van der Waals surface area contributed by atoms with E-state index in [1.165, 1.54) is 56.9 Å². The second kappa shape index (κ2) is 9.59. The topological polar surface area (TPSA) is 79.0 Å². The van der Waals surface area contributed by atoms with E-state index in [0.717, 1.165) is 19.3 Å². The molecule has 1 amide bonds. The van der Waals surface area contributed by atoms with Crippen molar-refractivity contribution in [3.8, 4) is 0 Å². The number of hydrogen-bond acceptors (Lipinski definition) is 2. The van der Waals surface area contributed by atoms with E-state index in [-0.39, 0.29) is 11.7 Å². The van der Waals surface area contributed by atoms with Crippen LogP contribution in [0.4, 0.5) is 0 Å². The summed E-state index contributed by atoms with van der Waals surface area (Å²) in [5.74, 6) is -0.0708. The largest absolute Gasteiger partial charge is 0.386 e. The number of rotatable bonds is 12. The Morgan fingerprint density at radius 1 is 1.04 bits per heavy atom. The van der Waals surface area contributed by atoms with Gasteiger partial charge in [-0.1, -0.05) is 64.0 Å². The van der Waals surface area contributed by atoms with Gasteiger partial charge in [-0.3, -0.25) is 10.2 Å². The second-order valence-corrected chi connectivity index (χ2v) is 7.37. The Bertz CT molecular complexity index is 561. The quantitative estimate of drug-likeness (QED) is 0.295. The molecule has 0 atom stereocenters. The van der Waals surface area contributed by atoms with E-state index < -0.39 is 5.54 Å². The maximum absolute atomic E-state index is 12.3. The molecular formula is C21H33N3O. The summed E-state index contributed by atoms with van der Waals surface area (Å²) in [7, 11) is 0. The zero-order valence-corrected chi connectivity index (χ0v) is 15.6. The van der Waals surface area contributed by atoms with Crippen molar-refractivity contribution in [1.82, 2.24) is 5.32 Å². The van der Waals surface area contributed by atoms with E-state index in [0.29, 0.717) is 5.56 Å². The lowest BCUT2D eigenvalue weighted by Crippen LogP contribution is -2.46. The summed E-state index contributed by atoms with van der Waals surface area (Å²) in [6, 6.07) is 7.85. The van der Waals surface area contributed by atoms with E-state index in [2.05, 4.69) is 12.2 Å². The van der Waals surface area contributed by atoms with Crippen molar-refractivity contribution in [2.75, 3.05) is 0 Å². The van der Waals surface area contributed by atoms with Crippen molar-refractivity contribution in [3.63, 3.8) is 0 Å². The fourth-order valence-electron chi connectivity index (χ4n) is 3.16. The van der Waals surface area contributed by atoms with Crippen LogP contribution in [-0.4, -0.2) is 17.3 Å². The molecule has 0 heterocycles. The van der Waals surface area contributed by atoms with Crippen LogP contribution < -0.4 is 11.1 Å². The summed E-state index contributed by atoms with van der Waals surface area (Å²) in [5, 5.41) is 10.5. The maximum Gasteiger partial charge on any atom is 0.252 e. The van der Waals surface area contributed by atoms with E-state index >= 15 is 0 Å². The highest BCUT2D eigenvalue weighted by atomic mass is 16.1. The molecule has 1 aromatic rings. The lowest BCUT2D eigenvalue weighted by Gasteiger charge is -2.15. The highest BCUT2D eigenvalue weighted by molar-refractivity contribution is 6.01. The normalized spacial score (nSPS) is 14.9. The number of unbranched alkanes of at least 4 members (excludes halogenated alkanes) is 7. The minimum absolute atomic E-state index is 0.0622. The Morgan fingerprint density at radius 2 is 1.60 bits per heavy atom. The molecule has 1 aliphatic rings. The van der Waals surface area contributed by atoms with E-state index in [1.54, 1.807) is 0 Å². The molecule has 0 aliphatic heterocycles. The highest BCUT2D eigenvalue weighted by Gasteiger charge is 2.47. The van der Waals surface area contributed by atoms with Crippen LogP contribution in [0.5, 0.6) is 0 Å². The molecule has 4 heteroatoms. The van der Waals surface area contributed by atoms with Gasteiger partial charge in [-0.2, -0.15) is 0 Å². The first-order valence-electron chi connectivity index (χ1n) is 9.83. The summed E-state index contributed by atoms with van der Waals surface area (Å²) in [6.45, 7) is 2.25. The molecule has 138 valence electrons. The predicted molar refractivity (Wildman–Crippen MR) is 104 cm³/mol. The van der Waals surface area contributed by atoms with Gasteiger partial charge in [-0.05, 0) is 43.4 Å². The first-order valence-corrected chi connectivity index (χ1v) is 9.83. The van der Waals surface area contributed by atoms with Crippen LogP contribution in [0.15, 0.2) is 24.3 Å². The number of benzene rings is 1. The van der Waals surface area contributed by atoms with Gasteiger partial charge in [0.15, 0.2) is 0 Å². The molecule has 0 unspecified atom stereocenters. The molecule has 4 N–H and O–H groups in total. The van der Waals surface area contributed by atoms with E-state index in [4.69, 9.17) is 11.1 Å². The van der Waals surface area contributed by atoms with Crippen molar-refractivity contribution >= 4 is 11.7 Å². The van der Waals surface area contributed by atoms with Crippen LogP contribution in [0.2, 0.25) is 0 Å². The van der Waals surface area contributed by atoms with Gasteiger partial charge in [0.1, 0.15) is 5.84 Å². The molecule has 0 spiro atoms. The van der Waals surface area contributed by atoms with Crippen LogP contribution in [0.3, 0.4) is 0 Å². The van der Waals surface area contributed by atoms with Gasteiger partial charge in [0.2, 0.25) is 0 Å². The number of hydrogen-bond donors (Lipinski definition) is 3. The molecule has 1 aromatic carbocycles. The van der Waals surface area contributed by atoms with Crippen molar-refractivity contribution in [2.45, 2.75) is 83.1 Å². The number of aryl methyl sites for hydroxylation is 1. The van der Waals surface area contributed by atoms with Gasteiger partial charge < -0.3 is 11.1 Å². The van der Waals surface area contributed by atoms with Crippen LogP contribution in [0.25, 0.3) is 0 Å². The van der Waals surface area contributed by atoms with Crippen molar-refractivity contribution in [2.24, 2.45) is 5.73 Å². The third-order valence-electron chi connectivity index (χ3n) is 5.15. The fourth-order valence-corrected chi connectivity index (χ4v) is 3.16. The third-order valence-corrected chi connectivity index (χ3v) is 5.15. The fraction of sp³-hybridized carbons (Fsp3) is 0.619. The van der Waals surface area contributed by atoms with Gasteiger partial charge in [0, 0.05) is 5.56 Å². The summed E-state index contributed by atoms with van der Waals surface area (Å²) in [4.78, 5) is 12.3. The number of amides is 1. The van der Waals surface area contributed by atoms with Crippen molar-refractivity contribution < 1.29 is 4.79 Å². The van der Waals surface area contributed by atoms with Gasteiger partial charge in [0.05, 0.1) is 5.54 Å². The molecule has 0 saturated heterocycles. The molecule has 1 saturated carbocycles. The lowest BCUT2D eigenvalue weighted by atomic mass is 10.0. The van der Waals surface area contributed by atoms with E-state index in [1.807, 2.05) is 24.3 Å². The molecule has 0 bridgehead atoms. The maximum atomic E-state index is 12.3. The van der Waals surface area contributed by atoms with Crippen molar-refractivity contribution in [3.05, 3.63) is 35.4 Å². The van der Waals surface area contributed by atoms with Gasteiger partial charge >= 0.3 is 0 Å². The molecule has 4 nitrogen and oxygen atoms in total. The van der Waals surface area contributed by atoms with Gasteiger partial charge in [-0.15, -0.1) is 0 Å². The average molecular weight is 344 g/mol. The summed E-state index contributed by atoms with van der Waals surface area (Å²) >= 11 is 0. The second-order valence-electron chi connectivity index (χ2n) is 7.37. The average Bonchev–Trinajstić information content (AvgIpc) is 3.38. The molecule has 1 aliphatic carbocycles. The number of nitrogens with one attached hydrogen (secondary N) is 2. The van der Waals surface area contributed by atoms with E-state index in [9.17, 15) is 4.79 Å². The Kier molecular flexibility index (Phi) is 7.48. The number of carbonyl (C=O) groups excluding carboxylic acids is 1. The lowest BCUT2D eigenvalue weighted by molar-refractivity contribution is 0.0943. The molecule has 0 radical (unpaired) electrons. The first kappa shape index (κ1) is 19.5. The Hall–Kier alpha value is -1.84. The SMILES string of the molecule is CCCCCCCCCCc1ccc(C(=O)NC2(C(=N)N)CC2)cc1. The molecule has 0 aromatic heterocycles. The third kappa shape index (κ3) is 6.18. The number of carbonyl (C=O) groups is 1. The van der Waals surface area contributed by atoms with Crippen LogP contribution in [-0.2, 0) is 6.42 Å². The summed E-state index contributed by atoms with van der Waals surface area (Å²) < 4.78 is 0. The van der Waals surface area contributed by atoms with Crippen LogP contribution in [0.1, 0.15) is 87.1 Å². The summed E-state index contributed by atoms with van der Waals surface area (Å²) in [5.41, 5.74) is 6.92. The molecule has 2 rings (SSSR count). The standard InChI is InChI=1S/C21H33N3O/c1-2-3-4-5-6-7-8-9-10-17-11-13-18(14-12-17)19(25)24-21(15-16-21)20(22)23/h11-14H,2-10,15-16H2,1H3,(H3,22,23)(H,24,25). The predicted octanol–water partition coefficient (Wildman–Crippen LogP) is 4.57. The molecule has 25 heavy (non-hydrogen) atoms. The number of amidine groups is 1. The minimum atomic E-state index is -0.577. The first-order chi connectivity index (χ1) is 12.1. The summed E-state index contributed by atoms with van der Waals surface area (Å²) in [6.07, 6.45) is 13.2.